The van der Waals surface area contributed by atoms with E-state index in [9.17, 15) is 0 Å². The maximum atomic E-state index is 6.05. The van der Waals surface area contributed by atoms with Crippen LogP contribution in [0.5, 0.6) is 0 Å². The lowest BCUT2D eigenvalue weighted by molar-refractivity contribution is -0.0738. The fourth-order valence-electron chi connectivity index (χ4n) is 2.47. The molecular formula is C11H18BrN3O. The highest BCUT2D eigenvalue weighted by molar-refractivity contribution is 9.08. The van der Waals surface area contributed by atoms with E-state index in [-0.39, 0.29) is 17.2 Å². The van der Waals surface area contributed by atoms with Crippen LogP contribution < -0.4 is 0 Å². The average Bonchev–Trinajstić information content (AvgIpc) is 2.67. The third-order valence-corrected chi connectivity index (χ3v) is 3.62. The summed E-state index contributed by atoms with van der Waals surface area (Å²) in [6.45, 7) is 8.47. The number of ether oxygens (including phenoxy) is 1. The number of aromatic nitrogens is 3. The lowest BCUT2D eigenvalue weighted by Crippen LogP contribution is -2.31. The Morgan fingerprint density at radius 1 is 1.50 bits per heavy atom. The molecule has 0 bridgehead atoms. The van der Waals surface area contributed by atoms with Crippen molar-refractivity contribution < 1.29 is 4.74 Å². The van der Waals surface area contributed by atoms with Crippen molar-refractivity contribution in [2.45, 2.75) is 56.7 Å². The molecule has 0 saturated carbocycles. The Hall–Kier alpha value is -0.420. The van der Waals surface area contributed by atoms with Crippen LogP contribution in [-0.2, 0) is 10.1 Å². The highest BCUT2D eigenvalue weighted by atomic mass is 79.9. The summed E-state index contributed by atoms with van der Waals surface area (Å²) in [5.74, 6) is 0. The Kier molecular flexibility index (Phi) is 2.87. The molecule has 2 heterocycles. The van der Waals surface area contributed by atoms with Gasteiger partial charge in [-0.15, -0.1) is 5.10 Å². The second-order valence-corrected chi connectivity index (χ2v) is 6.07. The van der Waals surface area contributed by atoms with E-state index in [1.165, 1.54) is 0 Å². The van der Waals surface area contributed by atoms with Gasteiger partial charge in [0.05, 0.1) is 22.9 Å². The molecule has 1 aliphatic rings. The van der Waals surface area contributed by atoms with Crippen molar-refractivity contribution in [3.8, 4) is 0 Å². The highest BCUT2D eigenvalue weighted by Crippen LogP contribution is 2.44. The second kappa shape index (κ2) is 3.81. The molecule has 0 spiro atoms. The molecule has 0 aromatic carbocycles. The van der Waals surface area contributed by atoms with Gasteiger partial charge in [-0.3, -0.25) is 0 Å². The van der Waals surface area contributed by atoms with Crippen molar-refractivity contribution in [3.63, 3.8) is 0 Å². The zero-order valence-electron chi connectivity index (χ0n) is 10.2. The van der Waals surface area contributed by atoms with Crippen molar-refractivity contribution >= 4 is 15.9 Å². The van der Waals surface area contributed by atoms with Gasteiger partial charge in [-0.25, -0.2) is 4.68 Å². The van der Waals surface area contributed by atoms with Gasteiger partial charge in [-0.2, -0.15) is 0 Å². The minimum absolute atomic E-state index is 0.0886. The quantitative estimate of drug-likeness (QED) is 0.785. The van der Waals surface area contributed by atoms with Crippen LogP contribution in [0.2, 0.25) is 0 Å². The average molecular weight is 288 g/mol. The minimum Gasteiger partial charge on any atom is -0.367 e. The van der Waals surface area contributed by atoms with Gasteiger partial charge in [0.25, 0.3) is 0 Å². The Morgan fingerprint density at radius 3 is 2.62 bits per heavy atom. The van der Waals surface area contributed by atoms with E-state index in [0.29, 0.717) is 0 Å². The molecule has 0 radical (unpaired) electrons. The molecule has 0 N–H and O–H groups in total. The van der Waals surface area contributed by atoms with E-state index in [4.69, 9.17) is 4.74 Å². The fourth-order valence-corrected chi connectivity index (χ4v) is 2.73. The lowest BCUT2D eigenvalue weighted by atomic mass is 9.95. The number of hydrogen-bond acceptors (Lipinski definition) is 3. The maximum absolute atomic E-state index is 6.05. The SMILES string of the molecule is CC1(C)CC(n2cc(CBr)nn2)C(C)(C)O1. The van der Waals surface area contributed by atoms with Crippen LogP contribution in [0, 0.1) is 0 Å². The molecule has 5 heteroatoms. The third-order valence-electron chi connectivity index (χ3n) is 3.04. The standard InChI is InChI=1S/C11H18BrN3O/c1-10(2)5-9(11(3,4)16-10)15-7-8(6-12)13-14-15/h7,9H,5-6H2,1-4H3. The molecule has 1 aromatic rings. The molecule has 4 nitrogen and oxygen atoms in total. The van der Waals surface area contributed by atoms with Gasteiger partial charge in [-0.1, -0.05) is 21.1 Å². The molecule has 0 aliphatic carbocycles. The lowest BCUT2D eigenvalue weighted by Gasteiger charge is -2.26. The summed E-state index contributed by atoms with van der Waals surface area (Å²) in [6, 6.07) is 0.253. The first-order valence-electron chi connectivity index (χ1n) is 5.51. The molecular weight excluding hydrogens is 270 g/mol. The van der Waals surface area contributed by atoms with Crippen molar-refractivity contribution in [2.24, 2.45) is 0 Å². The largest absolute Gasteiger partial charge is 0.367 e. The first-order chi connectivity index (χ1) is 7.34. The normalized spacial score (nSPS) is 27.2. The van der Waals surface area contributed by atoms with Crippen LogP contribution in [0.1, 0.15) is 45.9 Å². The number of nitrogens with zero attached hydrogens (tertiary/aromatic N) is 3. The summed E-state index contributed by atoms with van der Waals surface area (Å²) in [6.07, 6.45) is 2.96. The number of hydrogen-bond donors (Lipinski definition) is 0. The van der Waals surface area contributed by atoms with Gasteiger partial charge >= 0.3 is 0 Å². The van der Waals surface area contributed by atoms with Gasteiger partial charge in [0.1, 0.15) is 0 Å². The number of rotatable bonds is 2. The molecule has 1 atom stereocenters. The summed E-state index contributed by atoms with van der Waals surface area (Å²) in [7, 11) is 0. The van der Waals surface area contributed by atoms with E-state index in [0.717, 1.165) is 17.4 Å². The van der Waals surface area contributed by atoms with Gasteiger partial charge in [0.2, 0.25) is 0 Å². The first-order valence-corrected chi connectivity index (χ1v) is 6.63. The predicted octanol–water partition coefficient (Wildman–Crippen LogP) is 2.69. The Bertz CT molecular complexity index is 386. The molecule has 1 aromatic heterocycles. The van der Waals surface area contributed by atoms with E-state index in [1.54, 1.807) is 0 Å². The van der Waals surface area contributed by atoms with Crippen LogP contribution in [0.25, 0.3) is 0 Å². The number of halogens is 1. The molecule has 1 fully saturated rings. The van der Waals surface area contributed by atoms with Gasteiger partial charge in [0.15, 0.2) is 0 Å². The van der Waals surface area contributed by atoms with E-state index in [1.807, 2.05) is 10.9 Å². The van der Waals surface area contributed by atoms with E-state index in [2.05, 4.69) is 53.9 Å². The van der Waals surface area contributed by atoms with Crippen molar-refractivity contribution in [1.29, 1.82) is 0 Å². The molecule has 1 aliphatic heterocycles. The van der Waals surface area contributed by atoms with E-state index >= 15 is 0 Å². The van der Waals surface area contributed by atoms with Crippen molar-refractivity contribution in [3.05, 3.63) is 11.9 Å². The summed E-state index contributed by atoms with van der Waals surface area (Å²) in [5.41, 5.74) is 0.677. The fraction of sp³-hybridized carbons (Fsp3) is 0.818. The van der Waals surface area contributed by atoms with Gasteiger partial charge < -0.3 is 4.74 Å². The topological polar surface area (TPSA) is 39.9 Å². The number of alkyl halides is 1. The monoisotopic (exact) mass is 287 g/mol. The molecule has 16 heavy (non-hydrogen) atoms. The Labute approximate surface area is 104 Å². The van der Waals surface area contributed by atoms with Crippen LogP contribution in [0.4, 0.5) is 0 Å². The van der Waals surface area contributed by atoms with Crippen LogP contribution in [0.3, 0.4) is 0 Å². The van der Waals surface area contributed by atoms with Gasteiger partial charge in [-0.05, 0) is 27.7 Å². The highest BCUT2D eigenvalue weighted by Gasteiger charge is 2.47. The van der Waals surface area contributed by atoms with Gasteiger partial charge in [0, 0.05) is 17.9 Å². The smallest absolute Gasteiger partial charge is 0.0932 e. The third kappa shape index (κ3) is 2.15. The molecule has 2 rings (SSSR count). The molecule has 90 valence electrons. The Morgan fingerprint density at radius 2 is 2.19 bits per heavy atom. The Balaban J connectivity index is 2.27. The first kappa shape index (κ1) is 12.0. The minimum atomic E-state index is -0.194. The van der Waals surface area contributed by atoms with Crippen LogP contribution in [0.15, 0.2) is 6.20 Å². The van der Waals surface area contributed by atoms with Crippen molar-refractivity contribution in [1.82, 2.24) is 15.0 Å². The second-order valence-electron chi connectivity index (χ2n) is 5.51. The van der Waals surface area contributed by atoms with Crippen LogP contribution >= 0.6 is 15.9 Å². The maximum Gasteiger partial charge on any atom is 0.0932 e. The molecule has 1 unspecified atom stereocenters. The van der Waals surface area contributed by atoms with Crippen LogP contribution in [-0.4, -0.2) is 26.2 Å². The summed E-state index contributed by atoms with van der Waals surface area (Å²) in [5, 5.41) is 9.03. The zero-order chi connectivity index (χ0) is 12.0. The zero-order valence-corrected chi connectivity index (χ0v) is 11.8. The predicted molar refractivity (Wildman–Crippen MR) is 65.6 cm³/mol. The summed E-state index contributed by atoms with van der Waals surface area (Å²) >= 11 is 3.38. The molecule has 1 saturated heterocycles. The molecule has 0 amide bonds. The van der Waals surface area contributed by atoms with E-state index < -0.39 is 0 Å². The summed E-state index contributed by atoms with van der Waals surface area (Å²) < 4.78 is 7.98. The summed E-state index contributed by atoms with van der Waals surface area (Å²) in [4.78, 5) is 0. The van der Waals surface area contributed by atoms with Crippen molar-refractivity contribution in [2.75, 3.05) is 0 Å².